The molecule has 0 radical (unpaired) electrons. The number of phosphoric ester groups is 1. The molecule has 10 nitrogen and oxygen atoms in total. The van der Waals surface area contributed by atoms with Crippen LogP contribution < -0.4 is 4.52 Å². The number of nitrogens with zero attached hydrogens (tertiary/aromatic N) is 2. The Bertz CT molecular complexity index is 1120. The molecule has 1 fully saturated rings. The van der Waals surface area contributed by atoms with Gasteiger partial charge in [-0.15, -0.1) is 0 Å². The first-order valence-electron chi connectivity index (χ1n) is 12.2. The van der Waals surface area contributed by atoms with Crippen LogP contribution in [0.4, 0.5) is 0 Å². The van der Waals surface area contributed by atoms with Gasteiger partial charge in [0.15, 0.2) is 6.61 Å². The predicted octanol–water partition coefficient (Wildman–Crippen LogP) is 4.58. The summed E-state index contributed by atoms with van der Waals surface area (Å²) in [6.07, 6.45) is 10.6. The Kier molecular flexibility index (Phi) is 10.8. The molecule has 2 heterocycles. The van der Waals surface area contributed by atoms with Crippen LogP contribution in [0.25, 0.3) is 0 Å². The first-order valence-corrected chi connectivity index (χ1v) is 14.1. The van der Waals surface area contributed by atoms with Crippen molar-refractivity contribution in [1.82, 2.24) is 4.90 Å². The van der Waals surface area contributed by atoms with Gasteiger partial charge in [-0.3, -0.25) is 14.6 Å². The summed E-state index contributed by atoms with van der Waals surface area (Å²) in [6.45, 7) is 3.15. The average Bonchev–Trinajstić information content (AvgIpc) is 2.84. The summed E-state index contributed by atoms with van der Waals surface area (Å²) < 4.78 is 21.7. The van der Waals surface area contributed by atoms with Crippen LogP contribution in [-0.2, 0) is 25.4 Å². The number of cyclic esters (lactones) is 1. The highest BCUT2D eigenvalue weighted by molar-refractivity contribution is 7.46. The van der Waals surface area contributed by atoms with Gasteiger partial charge in [-0.05, 0) is 69.2 Å². The summed E-state index contributed by atoms with van der Waals surface area (Å²) in [5.41, 5.74) is 1.35. The van der Waals surface area contributed by atoms with E-state index in [2.05, 4.69) is 5.16 Å². The molecule has 12 heteroatoms. The molecule has 0 spiro atoms. The lowest BCUT2D eigenvalue weighted by atomic mass is 9.99. The molecule has 1 amide bonds. The fourth-order valence-electron chi connectivity index (χ4n) is 4.09. The quantitative estimate of drug-likeness (QED) is 0.234. The van der Waals surface area contributed by atoms with Crippen LogP contribution >= 0.6 is 19.4 Å². The number of fused-ring (bicyclic) bond motifs is 1. The lowest BCUT2D eigenvalue weighted by Gasteiger charge is -2.26. The number of oxime groups is 1. The number of halogens is 1. The van der Waals surface area contributed by atoms with Crippen LogP contribution in [0.1, 0.15) is 61.4 Å². The second kappa shape index (κ2) is 13.8. The van der Waals surface area contributed by atoms with Gasteiger partial charge in [-0.1, -0.05) is 34.5 Å². The van der Waals surface area contributed by atoms with E-state index < -0.39 is 13.8 Å². The van der Waals surface area contributed by atoms with Crippen LogP contribution in [0.2, 0.25) is 5.02 Å². The summed E-state index contributed by atoms with van der Waals surface area (Å²) in [6, 6.07) is 2.58. The van der Waals surface area contributed by atoms with Crippen molar-refractivity contribution >= 4 is 37.0 Å². The lowest BCUT2D eigenvalue weighted by molar-refractivity contribution is -0.137. The zero-order valence-corrected chi connectivity index (χ0v) is 22.4. The summed E-state index contributed by atoms with van der Waals surface area (Å²) in [4.78, 5) is 51.4. The van der Waals surface area contributed by atoms with Crippen molar-refractivity contribution in [2.24, 2.45) is 5.16 Å². The van der Waals surface area contributed by atoms with E-state index in [1.807, 2.05) is 19.1 Å². The van der Waals surface area contributed by atoms with E-state index in [0.717, 1.165) is 37.7 Å². The fraction of sp³-hybridized carbons (Fsp3) is 0.480. The van der Waals surface area contributed by atoms with Crippen molar-refractivity contribution in [3.8, 4) is 5.75 Å². The zero-order valence-electron chi connectivity index (χ0n) is 20.7. The molecule has 1 aromatic rings. The molecule has 3 rings (SSSR count). The van der Waals surface area contributed by atoms with Gasteiger partial charge in [0.05, 0.1) is 12.3 Å². The van der Waals surface area contributed by atoms with Crippen molar-refractivity contribution in [2.75, 3.05) is 26.3 Å². The molecule has 37 heavy (non-hydrogen) atoms. The number of hydrogen-bond donors (Lipinski definition) is 2. The summed E-state index contributed by atoms with van der Waals surface area (Å²) in [7, 11) is -4.99. The average molecular weight is 555 g/mol. The van der Waals surface area contributed by atoms with E-state index >= 15 is 0 Å². The van der Waals surface area contributed by atoms with E-state index in [1.54, 1.807) is 11.0 Å². The Morgan fingerprint density at radius 2 is 1.92 bits per heavy atom. The summed E-state index contributed by atoms with van der Waals surface area (Å²) in [5.74, 6) is -1.36. The third-order valence-electron chi connectivity index (χ3n) is 5.88. The number of esters is 1. The normalized spacial score (nSPS) is 21.2. The highest BCUT2D eigenvalue weighted by Gasteiger charge is 2.27. The fourth-order valence-corrected chi connectivity index (χ4v) is 4.73. The predicted molar refractivity (Wildman–Crippen MR) is 139 cm³/mol. The van der Waals surface area contributed by atoms with Crippen LogP contribution in [0.3, 0.4) is 0 Å². The number of ether oxygens (including phenoxy) is 1. The Hall–Kier alpha value is -2.65. The molecule has 0 aliphatic carbocycles. The van der Waals surface area contributed by atoms with E-state index in [-0.39, 0.29) is 47.4 Å². The number of phosphoric acid groups is 1. The van der Waals surface area contributed by atoms with Crippen molar-refractivity contribution in [2.45, 2.75) is 51.9 Å². The van der Waals surface area contributed by atoms with E-state index in [1.165, 1.54) is 12.1 Å². The van der Waals surface area contributed by atoms with Crippen molar-refractivity contribution in [3.05, 3.63) is 52.1 Å². The largest absolute Gasteiger partial charge is 0.524 e. The third-order valence-corrected chi connectivity index (χ3v) is 6.67. The lowest BCUT2D eigenvalue weighted by Crippen LogP contribution is -2.37. The Labute approximate surface area is 221 Å². The first kappa shape index (κ1) is 28.9. The molecule has 0 saturated carbocycles. The standard InChI is InChI=1S/C25H32ClN2O8P/c1-18-9-5-2-3-8-14-34-25(30)24-20(21(26)10-11-22(24)36-37(31,32)33)16-19(15-18)27-35-17-23(29)28-12-6-4-7-13-28/h2-3,10-11,15H,4-9,12-14,16-17H2,1H3,(H2,31,32,33)/b3-2+,18-15+,27-19+. The molecule has 0 unspecified atom stereocenters. The zero-order chi connectivity index (χ0) is 26.8. The second-order valence-corrected chi connectivity index (χ2v) is 10.5. The topological polar surface area (TPSA) is 135 Å². The van der Waals surface area contributed by atoms with Crippen molar-refractivity contribution < 1.29 is 38.0 Å². The Balaban J connectivity index is 1.96. The van der Waals surface area contributed by atoms with E-state index in [9.17, 15) is 23.9 Å². The smallest absolute Gasteiger partial charge is 0.462 e. The molecule has 2 N–H and O–H groups in total. The minimum absolute atomic E-state index is 0.0350. The molecule has 2 aliphatic heterocycles. The molecular formula is C25H32ClN2O8P. The van der Waals surface area contributed by atoms with Crippen LogP contribution in [0.5, 0.6) is 5.75 Å². The number of hydrogen-bond acceptors (Lipinski definition) is 7. The molecule has 0 aromatic heterocycles. The van der Waals surface area contributed by atoms with Gasteiger partial charge in [0.2, 0.25) is 0 Å². The molecule has 0 bridgehead atoms. The van der Waals surface area contributed by atoms with Crippen molar-refractivity contribution in [3.63, 3.8) is 0 Å². The van der Waals surface area contributed by atoms with Gasteiger partial charge in [0, 0.05) is 24.5 Å². The summed E-state index contributed by atoms with van der Waals surface area (Å²) >= 11 is 6.44. The van der Waals surface area contributed by atoms with Gasteiger partial charge < -0.3 is 19.0 Å². The van der Waals surface area contributed by atoms with E-state index in [4.69, 9.17) is 25.7 Å². The van der Waals surface area contributed by atoms with Crippen LogP contribution in [0.15, 0.2) is 41.1 Å². The van der Waals surface area contributed by atoms with Crippen molar-refractivity contribution in [1.29, 1.82) is 0 Å². The number of carbonyl (C=O) groups excluding carboxylic acids is 2. The second-order valence-electron chi connectivity index (χ2n) is 8.88. The maximum Gasteiger partial charge on any atom is 0.524 e. The Morgan fingerprint density at radius 1 is 1.19 bits per heavy atom. The van der Waals surface area contributed by atoms with Gasteiger partial charge in [-0.25, -0.2) is 9.36 Å². The molecule has 1 saturated heterocycles. The number of rotatable bonds is 5. The number of allylic oxidation sites excluding steroid dienone is 3. The van der Waals surface area contributed by atoms with Gasteiger partial charge in [-0.2, -0.15) is 0 Å². The number of amides is 1. The highest BCUT2D eigenvalue weighted by Crippen LogP contribution is 2.41. The van der Waals surface area contributed by atoms with Gasteiger partial charge in [0.1, 0.15) is 11.3 Å². The van der Waals surface area contributed by atoms with Gasteiger partial charge in [0.25, 0.3) is 5.91 Å². The summed E-state index contributed by atoms with van der Waals surface area (Å²) in [5, 5.41) is 4.33. The Morgan fingerprint density at radius 3 is 2.65 bits per heavy atom. The highest BCUT2D eigenvalue weighted by atomic mass is 35.5. The molecular weight excluding hydrogens is 523 g/mol. The number of benzene rings is 1. The van der Waals surface area contributed by atoms with Crippen LogP contribution in [-0.4, -0.2) is 58.6 Å². The minimum atomic E-state index is -4.99. The first-order chi connectivity index (χ1) is 17.6. The molecule has 0 atom stereocenters. The maximum absolute atomic E-state index is 13.0. The minimum Gasteiger partial charge on any atom is -0.462 e. The monoisotopic (exact) mass is 554 g/mol. The third kappa shape index (κ3) is 9.31. The molecule has 202 valence electrons. The van der Waals surface area contributed by atoms with Gasteiger partial charge >= 0.3 is 13.8 Å². The molecule has 1 aromatic carbocycles. The molecule has 2 aliphatic rings. The maximum atomic E-state index is 13.0. The number of carbonyl (C=O) groups is 2. The SMILES string of the molecule is C/C1=C\C(=N/OCC(=O)N2CCCCC2)Cc2c(Cl)ccc(OP(=O)(O)O)c2C(=O)OCC/C=C/CC1. The number of piperidine rings is 1. The van der Waals surface area contributed by atoms with Crippen LogP contribution in [0, 0.1) is 0 Å². The number of likely N-dealkylation sites (tertiary alicyclic amines) is 1. The van der Waals surface area contributed by atoms with E-state index in [0.29, 0.717) is 25.2 Å².